The van der Waals surface area contributed by atoms with Crippen molar-refractivity contribution < 1.29 is 4.74 Å². The first kappa shape index (κ1) is 12.3. The summed E-state index contributed by atoms with van der Waals surface area (Å²) >= 11 is 5.75. The van der Waals surface area contributed by atoms with Gasteiger partial charge in [-0.25, -0.2) is 0 Å². The molecule has 1 aromatic heterocycles. The zero-order valence-corrected chi connectivity index (χ0v) is 10.5. The summed E-state index contributed by atoms with van der Waals surface area (Å²) in [6, 6.07) is 0.689. The molecule has 0 spiro atoms. The van der Waals surface area contributed by atoms with Crippen LogP contribution in [0.25, 0.3) is 0 Å². The van der Waals surface area contributed by atoms with E-state index < -0.39 is 0 Å². The summed E-state index contributed by atoms with van der Waals surface area (Å²) in [4.78, 5) is 11.9. The third-order valence-electron chi connectivity index (χ3n) is 2.69. The van der Waals surface area contributed by atoms with E-state index in [-0.39, 0.29) is 11.3 Å². The molecular formula is C10H16ClN5O. The van der Waals surface area contributed by atoms with Gasteiger partial charge in [0.25, 0.3) is 0 Å². The first-order valence-corrected chi connectivity index (χ1v) is 6.08. The van der Waals surface area contributed by atoms with Crippen molar-refractivity contribution in [1.29, 1.82) is 0 Å². The SMILES string of the molecule is COc1nc(Cl)nc(NCC2CCCCN2)n1. The van der Waals surface area contributed by atoms with Gasteiger partial charge in [-0.3, -0.25) is 0 Å². The molecule has 7 heteroatoms. The number of nitrogens with one attached hydrogen (secondary N) is 2. The van der Waals surface area contributed by atoms with E-state index in [1.807, 2.05) is 0 Å². The quantitative estimate of drug-likeness (QED) is 0.841. The molecule has 1 unspecified atom stereocenters. The minimum atomic E-state index is 0.135. The standard InChI is InChI=1S/C10H16ClN5O/c1-17-10-15-8(11)14-9(16-10)13-6-7-4-2-3-5-12-7/h7,12H,2-6H2,1H3,(H,13,14,15,16). The average molecular weight is 258 g/mol. The Morgan fingerprint density at radius 3 is 3.00 bits per heavy atom. The number of methoxy groups -OCH3 is 1. The van der Waals surface area contributed by atoms with E-state index in [4.69, 9.17) is 16.3 Å². The number of ether oxygens (including phenoxy) is 1. The number of piperidine rings is 1. The van der Waals surface area contributed by atoms with Gasteiger partial charge >= 0.3 is 6.01 Å². The van der Waals surface area contributed by atoms with E-state index in [0.29, 0.717) is 12.0 Å². The number of hydrogen-bond donors (Lipinski definition) is 2. The zero-order chi connectivity index (χ0) is 12.1. The molecule has 1 aromatic rings. The molecule has 0 radical (unpaired) electrons. The smallest absolute Gasteiger partial charge is 0.322 e. The first-order valence-electron chi connectivity index (χ1n) is 5.71. The second-order valence-corrected chi connectivity index (χ2v) is 4.28. The number of anilines is 1. The maximum atomic E-state index is 5.75. The lowest BCUT2D eigenvalue weighted by Gasteiger charge is -2.23. The number of aromatic nitrogens is 3. The molecule has 1 aliphatic heterocycles. The molecule has 0 aliphatic carbocycles. The molecule has 2 N–H and O–H groups in total. The second-order valence-electron chi connectivity index (χ2n) is 3.94. The van der Waals surface area contributed by atoms with E-state index in [9.17, 15) is 0 Å². The lowest BCUT2D eigenvalue weighted by atomic mass is 10.1. The molecule has 6 nitrogen and oxygen atoms in total. The van der Waals surface area contributed by atoms with Crippen molar-refractivity contribution >= 4 is 17.5 Å². The summed E-state index contributed by atoms with van der Waals surface area (Å²) in [6.07, 6.45) is 3.69. The van der Waals surface area contributed by atoms with Gasteiger partial charge in [-0.2, -0.15) is 15.0 Å². The summed E-state index contributed by atoms with van der Waals surface area (Å²) in [7, 11) is 1.50. The number of hydrogen-bond acceptors (Lipinski definition) is 6. The predicted octanol–water partition coefficient (Wildman–Crippen LogP) is 1.09. The summed E-state index contributed by atoms with van der Waals surface area (Å²) in [5.41, 5.74) is 0. The highest BCUT2D eigenvalue weighted by Gasteiger charge is 2.13. The van der Waals surface area contributed by atoms with E-state index in [1.165, 1.54) is 26.4 Å². The maximum Gasteiger partial charge on any atom is 0.322 e. The Bertz CT molecular complexity index is 370. The van der Waals surface area contributed by atoms with Crippen molar-refractivity contribution in [2.75, 3.05) is 25.5 Å². The van der Waals surface area contributed by atoms with Gasteiger partial charge in [0.05, 0.1) is 7.11 Å². The molecule has 17 heavy (non-hydrogen) atoms. The van der Waals surface area contributed by atoms with E-state index in [2.05, 4.69) is 25.6 Å². The normalized spacial score (nSPS) is 20.0. The molecule has 0 amide bonds. The van der Waals surface area contributed by atoms with Gasteiger partial charge in [0.1, 0.15) is 0 Å². The predicted molar refractivity (Wildman–Crippen MR) is 65.5 cm³/mol. The van der Waals surface area contributed by atoms with Crippen molar-refractivity contribution in [2.24, 2.45) is 0 Å². The van der Waals surface area contributed by atoms with Gasteiger partial charge in [-0.1, -0.05) is 6.42 Å². The van der Waals surface area contributed by atoms with Crippen LogP contribution in [0.3, 0.4) is 0 Å². The van der Waals surface area contributed by atoms with Crippen LogP contribution >= 0.6 is 11.6 Å². The Labute approximate surface area is 105 Å². The molecule has 0 saturated carbocycles. The van der Waals surface area contributed by atoms with Crippen molar-refractivity contribution in [2.45, 2.75) is 25.3 Å². The third kappa shape index (κ3) is 3.67. The van der Waals surface area contributed by atoms with Crippen LogP contribution in [0.15, 0.2) is 0 Å². The minimum Gasteiger partial charge on any atom is -0.467 e. The second kappa shape index (κ2) is 5.97. The highest BCUT2D eigenvalue weighted by molar-refractivity contribution is 6.28. The van der Waals surface area contributed by atoms with Crippen LogP contribution in [-0.4, -0.2) is 41.2 Å². The summed E-state index contributed by atoms with van der Waals surface area (Å²) in [5.74, 6) is 0.453. The number of nitrogens with zero attached hydrogens (tertiary/aromatic N) is 3. The summed E-state index contributed by atoms with van der Waals surface area (Å²) < 4.78 is 4.93. The number of rotatable bonds is 4. The molecule has 1 atom stereocenters. The summed E-state index contributed by atoms with van der Waals surface area (Å²) in [6.45, 7) is 1.86. The van der Waals surface area contributed by atoms with E-state index in [1.54, 1.807) is 0 Å². The van der Waals surface area contributed by atoms with Crippen molar-refractivity contribution in [3.63, 3.8) is 0 Å². The first-order chi connectivity index (χ1) is 8.28. The molecule has 1 fully saturated rings. The topological polar surface area (TPSA) is 72.0 Å². The lowest BCUT2D eigenvalue weighted by Crippen LogP contribution is -2.39. The third-order valence-corrected chi connectivity index (χ3v) is 2.86. The van der Waals surface area contributed by atoms with Gasteiger partial charge in [-0.15, -0.1) is 0 Å². The number of halogens is 1. The van der Waals surface area contributed by atoms with Gasteiger partial charge < -0.3 is 15.4 Å². The fourth-order valence-corrected chi connectivity index (χ4v) is 1.97. The van der Waals surface area contributed by atoms with Crippen LogP contribution < -0.4 is 15.4 Å². The maximum absolute atomic E-state index is 5.75. The monoisotopic (exact) mass is 257 g/mol. The Kier molecular flexibility index (Phi) is 4.33. The summed E-state index contributed by atoms with van der Waals surface area (Å²) in [5, 5.41) is 6.71. The molecule has 94 valence electrons. The minimum absolute atomic E-state index is 0.135. The lowest BCUT2D eigenvalue weighted by molar-refractivity contribution is 0.378. The van der Waals surface area contributed by atoms with Crippen LogP contribution in [0.5, 0.6) is 6.01 Å². The van der Waals surface area contributed by atoms with E-state index in [0.717, 1.165) is 13.1 Å². The van der Waals surface area contributed by atoms with Crippen molar-refractivity contribution in [3.8, 4) is 6.01 Å². The van der Waals surface area contributed by atoms with Crippen LogP contribution in [0.1, 0.15) is 19.3 Å². The molecule has 2 heterocycles. The molecular weight excluding hydrogens is 242 g/mol. The Hall–Kier alpha value is -1.14. The van der Waals surface area contributed by atoms with Crippen LogP contribution in [-0.2, 0) is 0 Å². The van der Waals surface area contributed by atoms with Crippen molar-refractivity contribution in [1.82, 2.24) is 20.3 Å². The largest absolute Gasteiger partial charge is 0.467 e. The van der Waals surface area contributed by atoms with Crippen LogP contribution in [0.4, 0.5) is 5.95 Å². The highest BCUT2D eigenvalue weighted by Crippen LogP contribution is 2.12. The van der Waals surface area contributed by atoms with Gasteiger partial charge in [0.15, 0.2) is 0 Å². The van der Waals surface area contributed by atoms with Gasteiger partial charge in [0.2, 0.25) is 11.2 Å². The van der Waals surface area contributed by atoms with Crippen molar-refractivity contribution in [3.05, 3.63) is 5.28 Å². The van der Waals surface area contributed by atoms with Crippen LogP contribution in [0, 0.1) is 0 Å². The molecule has 2 rings (SSSR count). The zero-order valence-electron chi connectivity index (χ0n) is 9.74. The molecule has 1 saturated heterocycles. The van der Waals surface area contributed by atoms with E-state index >= 15 is 0 Å². The fourth-order valence-electron chi connectivity index (χ4n) is 1.81. The molecule has 0 bridgehead atoms. The van der Waals surface area contributed by atoms with Gasteiger partial charge in [0, 0.05) is 12.6 Å². The average Bonchev–Trinajstić information content (AvgIpc) is 2.37. The molecule has 0 aromatic carbocycles. The fraction of sp³-hybridized carbons (Fsp3) is 0.700. The Balaban J connectivity index is 1.91. The van der Waals surface area contributed by atoms with Crippen LogP contribution in [0.2, 0.25) is 5.28 Å². The molecule has 1 aliphatic rings. The van der Waals surface area contributed by atoms with Gasteiger partial charge in [-0.05, 0) is 31.0 Å². The Morgan fingerprint density at radius 1 is 1.41 bits per heavy atom. The highest BCUT2D eigenvalue weighted by atomic mass is 35.5. The Morgan fingerprint density at radius 2 is 2.29 bits per heavy atom.